The topological polar surface area (TPSA) is 44.8 Å². The van der Waals surface area contributed by atoms with Gasteiger partial charge in [-0.15, -0.1) is 0 Å². The minimum Gasteiger partial charge on any atom is -0.475 e. The van der Waals surface area contributed by atoms with Crippen LogP contribution in [0.5, 0.6) is 5.75 Å². The van der Waals surface area contributed by atoms with Gasteiger partial charge in [0.25, 0.3) is 0 Å². The summed E-state index contributed by atoms with van der Waals surface area (Å²) in [7, 11) is -3.86. The molecular formula is C11H12F5O4P. The molecule has 0 radical (unpaired) electrons. The Kier molecular flexibility index (Phi) is 6.12. The second-order valence-electron chi connectivity index (χ2n) is 3.62. The van der Waals surface area contributed by atoms with E-state index in [1.54, 1.807) is 0 Å². The van der Waals surface area contributed by atoms with Crippen molar-refractivity contribution in [2.45, 2.75) is 13.8 Å². The first-order valence-corrected chi connectivity index (χ1v) is 7.52. The lowest BCUT2D eigenvalue weighted by atomic mass is 10.3. The molecule has 0 amide bonds. The minimum atomic E-state index is -3.86. The van der Waals surface area contributed by atoms with Crippen molar-refractivity contribution in [3.8, 4) is 5.75 Å². The van der Waals surface area contributed by atoms with E-state index in [1.807, 2.05) is 0 Å². The van der Waals surface area contributed by atoms with Gasteiger partial charge in [0.05, 0.1) is 13.2 Å². The highest BCUT2D eigenvalue weighted by Crippen LogP contribution is 2.48. The molecule has 0 unspecified atom stereocenters. The summed E-state index contributed by atoms with van der Waals surface area (Å²) in [6, 6.07) is 0. The van der Waals surface area contributed by atoms with E-state index in [4.69, 9.17) is 9.05 Å². The molecule has 0 saturated heterocycles. The number of rotatable bonds is 7. The molecule has 0 aliphatic carbocycles. The summed E-state index contributed by atoms with van der Waals surface area (Å²) < 4.78 is 91.3. The Morgan fingerprint density at radius 3 is 1.57 bits per heavy atom. The van der Waals surface area contributed by atoms with Gasteiger partial charge in [-0.2, -0.15) is 8.78 Å². The first-order valence-electron chi connectivity index (χ1n) is 5.79. The van der Waals surface area contributed by atoms with Gasteiger partial charge >= 0.3 is 7.60 Å². The molecule has 0 aliphatic rings. The van der Waals surface area contributed by atoms with Crippen LogP contribution in [0.2, 0.25) is 0 Å². The molecule has 120 valence electrons. The minimum absolute atomic E-state index is 0.0578. The first-order chi connectivity index (χ1) is 9.77. The lowest BCUT2D eigenvalue weighted by Gasteiger charge is -2.18. The molecule has 0 N–H and O–H groups in total. The number of ether oxygens (including phenoxy) is 1. The maximum Gasteiger partial charge on any atom is 0.367 e. The number of hydrogen-bond acceptors (Lipinski definition) is 4. The molecule has 1 aromatic carbocycles. The Balaban J connectivity index is 3.06. The fraction of sp³-hybridized carbons (Fsp3) is 0.455. The van der Waals surface area contributed by atoms with Crippen molar-refractivity contribution in [3.63, 3.8) is 0 Å². The molecule has 21 heavy (non-hydrogen) atoms. The van der Waals surface area contributed by atoms with E-state index in [9.17, 15) is 26.5 Å². The quantitative estimate of drug-likeness (QED) is 0.327. The summed E-state index contributed by atoms with van der Waals surface area (Å²) in [5.74, 6) is -12.5. The summed E-state index contributed by atoms with van der Waals surface area (Å²) >= 11 is 0. The van der Waals surface area contributed by atoms with Crippen LogP contribution in [-0.4, -0.2) is 19.6 Å². The highest BCUT2D eigenvalue weighted by Gasteiger charge is 2.30. The van der Waals surface area contributed by atoms with Gasteiger partial charge in [-0.05, 0) is 13.8 Å². The van der Waals surface area contributed by atoms with E-state index in [0.717, 1.165) is 0 Å². The molecule has 0 spiro atoms. The van der Waals surface area contributed by atoms with Crippen LogP contribution in [0.25, 0.3) is 0 Å². The maximum absolute atomic E-state index is 13.3. The number of hydrogen-bond donors (Lipinski definition) is 0. The average molecular weight is 334 g/mol. The van der Waals surface area contributed by atoms with Crippen LogP contribution in [0.1, 0.15) is 13.8 Å². The maximum atomic E-state index is 13.3. The molecule has 0 saturated carbocycles. The summed E-state index contributed by atoms with van der Waals surface area (Å²) in [6.45, 7) is 2.84. The zero-order chi connectivity index (χ0) is 16.2. The van der Waals surface area contributed by atoms with Gasteiger partial charge in [0.15, 0.2) is 12.1 Å². The van der Waals surface area contributed by atoms with Gasteiger partial charge in [-0.25, -0.2) is 13.2 Å². The third kappa shape index (κ3) is 3.93. The van der Waals surface area contributed by atoms with Crippen LogP contribution in [0.15, 0.2) is 0 Å². The van der Waals surface area contributed by atoms with Gasteiger partial charge in [-0.3, -0.25) is 4.57 Å². The van der Waals surface area contributed by atoms with Crippen LogP contribution >= 0.6 is 7.60 Å². The zero-order valence-electron chi connectivity index (χ0n) is 11.1. The van der Waals surface area contributed by atoms with E-state index in [2.05, 4.69) is 4.74 Å². The van der Waals surface area contributed by atoms with Crippen LogP contribution in [0, 0.1) is 29.1 Å². The largest absolute Gasteiger partial charge is 0.475 e. The highest BCUT2D eigenvalue weighted by atomic mass is 31.2. The number of halogens is 5. The van der Waals surface area contributed by atoms with Crippen molar-refractivity contribution in [1.29, 1.82) is 0 Å². The van der Waals surface area contributed by atoms with Gasteiger partial charge in [0.1, 0.15) is 0 Å². The van der Waals surface area contributed by atoms with E-state index < -0.39 is 48.8 Å². The van der Waals surface area contributed by atoms with Crippen molar-refractivity contribution >= 4 is 7.60 Å². The first kappa shape index (κ1) is 17.9. The Morgan fingerprint density at radius 1 is 0.810 bits per heavy atom. The van der Waals surface area contributed by atoms with Crippen molar-refractivity contribution in [2.24, 2.45) is 0 Å². The summed E-state index contributed by atoms with van der Waals surface area (Å²) in [5.41, 5.74) is 0. The molecule has 0 fully saturated rings. The van der Waals surface area contributed by atoms with Gasteiger partial charge in [0.2, 0.25) is 29.1 Å². The predicted molar refractivity (Wildman–Crippen MR) is 62.6 cm³/mol. The highest BCUT2D eigenvalue weighted by molar-refractivity contribution is 7.53. The summed E-state index contributed by atoms with van der Waals surface area (Å²) in [5, 5.41) is 0. The van der Waals surface area contributed by atoms with Crippen LogP contribution in [0.3, 0.4) is 0 Å². The normalized spacial score (nSPS) is 11.8. The Morgan fingerprint density at radius 2 is 1.19 bits per heavy atom. The lowest BCUT2D eigenvalue weighted by molar-refractivity contribution is 0.191. The molecule has 0 bridgehead atoms. The molecule has 10 heteroatoms. The number of benzene rings is 1. The van der Waals surface area contributed by atoms with E-state index in [-0.39, 0.29) is 13.2 Å². The predicted octanol–water partition coefficient (Wildman–Crippen LogP) is 3.98. The summed E-state index contributed by atoms with van der Waals surface area (Å²) in [6.07, 6.45) is -0.993. The molecule has 0 heterocycles. The molecule has 1 aromatic rings. The van der Waals surface area contributed by atoms with Crippen LogP contribution < -0.4 is 4.74 Å². The molecule has 1 rings (SSSR count). The average Bonchev–Trinajstić information content (AvgIpc) is 2.43. The van der Waals surface area contributed by atoms with E-state index >= 15 is 0 Å². The Bertz CT molecular complexity index is 527. The Labute approximate surface area is 117 Å². The van der Waals surface area contributed by atoms with Crippen LogP contribution in [0.4, 0.5) is 22.0 Å². The van der Waals surface area contributed by atoms with Gasteiger partial charge in [0, 0.05) is 0 Å². The van der Waals surface area contributed by atoms with Gasteiger partial charge in [-0.1, -0.05) is 0 Å². The Hall–Kier alpha value is -1.18. The fourth-order valence-electron chi connectivity index (χ4n) is 1.36. The summed E-state index contributed by atoms with van der Waals surface area (Å²) in [4.78, 5) is 0. The standard InChI is InChI=1S/C11H12F5O4P/c1-3-19-21(17,20-4-2)5-18-11-9(15)7(13)6(12)8(14)10(11)16/h3-5H2,1-2H3. The fourth-order valence-corrected chi connectivity index (χ4v) is 2.66. The van der Waals surface area contributed by atoms with Gasteiger partial charge < -0.3 is 13.8 Å². The third-order valence-electron chi connectivity index (χ3n) is 2.19. The van der Waals surface area contributed by atoms with Crippen molar-refractivity contribution in [1.82, 2.24) is 0 Å². The van der Waals surface area contributed by atoms with E-state index in [0.29, 0.717) is 0 Å². The SMILES string of the molecule is CCOP(=O)(COc1c(F)c(F)c(F)c(F)c1F)OCC. The second kappa shape index (κ2) is 7.20. The molecule has 0 aromatic heterocycles. The second-order valence-corrected chi connectivity index (χ2v) is 5.62. The molecule has 4 nitrogen and oxygen atoms in total. The zero-order valence-corrected chi connectivity index (χ0v) is 12.0. The van der Waals surface area contributed by atoms with E-state index in [1.165, 1.54) is 13.8 Å². The third-order valence-corrected chi connectivity index (χ3v) is 3.94. The monoisotopic (exact) mass is 334 g/mol. The smallest absolute Gasteiger partial charge is 0.367 e. The lowest BCUT2D eigenvalue weighted by Crippen LogP contribution is -2.10. The van der Waals surface area contributed by atoms with Crippen molar-refractivity contribution < 1.29 is 40.3 Å². The van der Waals surface area contributed by atoms with Crippen LogP contribution in [-0.2, 0) is 13.6 Å². The molecular weight excluding hydrogens is 322 g/mol. The van der Waals surface area contributed by atoms with Crippen molar-refractivity contribution in [2.75, 3.05) is 19.6 Å². The molecule has 0 aliphatic heterocycles. The van der Waals surface area contributed by atoms with Crippen molar-refractivity contribution in [3.05, 3.63) is 29.1 Å². The molecule has 0 atom stereocenters.